The quantitative estimate of drug-likeness (QED) is 0.720. The van der Waals surface area contributed by atoms with E-state index < -0.39 is 0 Å². The van der Waals surface area contributed by atoms with Gasteiger partial charge >= 0.3 is 0 Å². The third-order valence-electron chi connectivity index (χ3n) is 5.32. The Bertz CT molecular complexity index is 949. The van der Waals surface area contributed by atoms with Gasteiger partial charge in [0, 0.05) is 38.9 Å². The summed E-state index contributed by atoms with van der Waals surface area (Å²) in [6, 6.07) is 12.1. The fourth-order valence-corrected chi connectivity index (χ4v) is 3.80. The fraction of sp³-hybridized carbons (Fsp3) is 0.429. The van der Waals surface area contributed by atoms with Crippen LogP contribution in [0.5, 0.6) is 0 Å². The van der Waals surface area contributed by atoms with E-state index in [1.165, 1.54) is 5.56 Å². The number of nitrogens with zero attached hydrogens (tertiary/aromatic N) is 6. The molecule has 8 heteroatoms. The van der Waals surface area contributed by atoms with Gasteiger partial charge in [-0.25, -0.2) is 4.98 Å². The van der Waals surface area contributed by atoms with Crippen molar-refractivity contribution in [2.75, 3.05) is 19.6 Å². The molecule has 4 rings (SSSR count). The second-order valence-corrected chi connectivity index (χ2v) is 7.41. The number of H-pyrrole nitrogens is 1. The van der Waals surface area contributed by atoms with Crippen LogP contribution in [0.4, 0.5) is 0 Å². The summed E-state index contributed by atoms with van der Waals surface area (Å²) in [5, 5.41) is 11.8. The molecular formula is C21H27N7O. The molecule has 1 N–H and O–H groups in total. The fourth-order valence-electron chi connectivity index (χ4n) is 3.80. The number of aromatic amines is 1. The third-order valence-corrected chi connectivity index (χ3v) is 5.32. The zero-order valence-electron chi connectivity index (χ0n) is 17.0. The first kappa shape index (κ1) is 19.3. The SMILES string of the molecule is CCn1ccc(C(=O)N2CCCN(Cc3ccccc3)C(c3n[nH]c(C)n3)C2)n1. The molecule has 0 spiro atoms. The minimum absolute atomic E-state index is 0.0315. The third kappa shape index (κ3) is 4.37. The molecule has 0 bridgehead atoms. The number of aryl methyl sites for hydroxylation is 2. The number of aromatic nitrogens is 5. The van der Waals surface area contributed by atoms with E-state index in [-0.39, 0.29) is 11.9 Å². The van der Waals surface area contributed by atoms with Crippen LogP contribution in [-0.2, 0) is 13.1 Å². The van der Waals surface area contributed by atoms with Crippen LogP contribution in [0, 0.1) is 6.92 Å². The van der Waals surface area contributed by atoms with Gasteiger partial charge in [0.05, 0.1) is 6.04 Å². The summed E-state index contributed by atoms with van der Waals surface area (Å²) in [5.74, 6) is 1.48. The molecule has 1 aliphatic rings. The van der Waals surface area contributed by atoms with Crippen LogP contribution in [0.25, 0.3) is 0 Å². The summed E-state index contributed by atoms with van der Waals surface area (Å²) >= 11 is 0. The average Bonchev–Trinajstić information content (AvgIpc) is 3.34. The number of rotatable bonds is 5. The lowest BCUT2D eigenvalue weighted by Gasteiger charge is -2.29. The molecule has 29 heavy (non-hydrogen) atoms. The Hall–Kier alpha value is -3.00. The smallest absolute Gasteiger partial charge is 0.274 e. The molecule has 1 atom stereocenters. The largest absolute Gasteiger partial charge is 0.335 e. The van der Waals surface area contributed by atoms with Gasteiger partial charge in [-0.3, -0.25) is 19.5 Å². The summed E-state index contributed by atoms with van der Waals surface area (Å²) in [6.45, 7) is 7.57. The second kappa shape index (κ2) is 8.57. The van der Waals surface area contributed by atoms with Crippen LogP contribution >= 0.6 is 0 Å². The Morgan fingerprint density at radius 1 is 1.21 bits per heavy atom. The lowest BCUT2D eigenvalue weighted by Crippen LogP contribution is -2.38. The highest BCUT2D eigenvalue weighted by Crippen LogP contribution is 2.25. The van der Waals surface area contributed by atoms with E-state index in [1.807, 2.05) is 31.0 Å². The molecule has 1 unspecified atom stereocenters. The predicted molar refractivity (Wildman–Crippen MR) is 109 cm³/mol. The highest BCUT2D eigenvalue weighted by atomic mass is 16.2. The molecule has 3 aromatic rings. The lowest BCUT2D eigenvalue weighted by atomic mass is 10.1. The first-order valence-electron chi connectivity index (χ1n) is 10.1. The Balaban J connectivity index is 1.59. The second-order valence-electron chi connectivity index (χ2n) is 7.41. The number of amides is 1. The highest BCUT2D eigenvalue weighted by molar-refractivity contribution is 5.92. The van der Waals surface area contributed by atoms with Gasteiger partial charge in [-0.15, -0.1) is 0 Å². The Kier molecular flexibility index (Phi) is 5.71. The van der Waals surface area contributed by atoms with Crippen LogP contribution in [0.3, 0.4) is 0 Å². The van der Waals surface area contributed by atoms with Crippen molar-refractivity contribution in [3.8, 4) is 0 Å². The van der Waals surface area contributed by atoms with Crippen molar-refractivity contribution in [3.05, 3.63) is 65.5 Å². The molecule has 1 fully saturated rings. The summed E-state index contributed by atoms with van der Waals surface area (Å²) in [4.78, 5) is 22.0. The summed E-state index contributed by atoms with van der Waals surface area (Å²) in [5.41, 5.74) is 1.74. The van der Waals surface area contributed by atoms with Crippen LogP contribution in [0.2, 0.25) is 0 Å². The predicted octanol–water partition coefficient (Wildman–Crippen LogP) is 2.42. The van der Waals surface area contributed by atoms with Crippen molar-refractivity contribution in [1.82, 2.24) is 34.8 Å². The van der Waals surface area contributed by atoms with Gasteiger partial charge in [0.25, 0.3) is 5.91 Å². The standard InChI is InChI=1S/C21H27N7O/c1-3-28-13-10-18(25-28)21(29)27-12-7-11-26(14-17-8-5-4-6-9-17)19(15-27)20-22-16(2)23-24-20/h4-6,8-10,13,19H,3,7,11-12,14-15H2,1-2H3,(H,22,23,24). The summed E-state index contributed by atoms with van der Waals surface area (Å²) in [7, 11) is 0. The van der Waals surface area contributed by atoms with E-state index in [4.69, 9.17) is 0 Å². The Morgan fingerprint density at radius 2 is 2.03 bits per heavy atom. The number of hydrogen-bond donors (Lipinski definition) is 1. The van der Waals surface area contributed by atoms with Gasteiger partial charge in [-0.05, 0) is 31.9 Å². The number of hydrogen-bond acceptors (Lipinski definition) is 5. The van der Waals surface area contributed by atoms with Gasteiger partial charge in [0.15, 0.2) is 5.82 Å². The van der Waals surface area contributed by atoms with Crippen molar-refractivity contribution in [3.63, 3.8) is 0 Å². The minimum atomic E-state index is -0.0696. The molecule has 1 aliphatic heterocycles. The normalized spacial score (nSPS) is 18.0. The molecule has 0 aliphatic carbocycles. The maximum atomic E-state index is 13.1. The molecular weight excluding hydrogens is 366 g/mol. The minimum Gasteiger partial charge on any atom is -0.335 e. The maximum Gasteiger partial charge on any atom is 0.274 e. The van der Waals surface area contributed by atoms with Crippen molar-refractivity contribution < 1.29 is 4.79 Å². The summed E-state index contributed by atoms with van der Waals surface area (Å²) in [6.07, 6.45) is 2.75. The molecule has 3 heterocycles. The lowest BCUT2D eigenvalue weighted by molar-refractivity contribution is 0.0719. The van der Waals surface area contributed by atoms with Gasteiger partial charge in [-0.2, -0.15) is 10.2 Å². The van der Waals surface area contributed by atoms with Crippen LogP contribution in [0.1, 0.15) is 47.1 Å². The Morgan fingerprint density at radius 3 is 2.72 bits per heavy atom. The molecule has 0 saturated carbocycles. The molecule has 152 valence electrons. The number of benzene rings is 1. The van der Waals surface area contributed by atoms with Crippen molar-refractivity contribution in [1.29, 1.82) is 0 Å². The van der Waals surface area contributed by atoms with Gasteiger partial charge in [0.1, 0.15) is 11.5 Å². The van der Waals surface area contributed by atoms with Crippen molar-refractivity contribution in [2.24, 2.45) is 0 Å². The molecule has 1 amide bonds. The van der Waals surface area contributed by atoms with Crippen molar-refractivity contribution >= 4 is 5.91 Å². The number of nitrogens with one attached hydrogen (secondary N) is 1. The first-order chi connectivity index (χ1) is 14.1. The zero-order valence-corrected chi connectivity index (χ0v) is 17.0. The average molecular weight is 393 g/mol. The molecule has 0 radical (unpaired) electrons. The first-order valence-corrected chi connectivity index (χ1v) is 10.1. The van der Waals surface area contributed by atoms with Gasteiger partial charge < -0.3 is 4.90 Å². The van der Waals surface area contributed by atoms with E-state index in [0.717, 1.165) is 37.7 Å². The summed E-state index contributed by atoms with van der Waals surface area (Å²) < 4.78 is 1.78. The number of carbonyl (C=O) groups excluding carboxylic acids is 1. The Labute approximate surface area is 170 Å². The molecule has 1 saturated heterocycles. The molecule has 2 aromatic heterocycles. The maximum absolute atomic E-state index is 13.1. The van der Waals surface area contributed by atoms with E-state index in [9.17, 15) is 4.79 Å². The van der Waals surface area contributed by atoms with Crippen molar-refractivity contribution in [2.45, 2.75) is 39.4 Å². The van der Waals surface area contributed by atoms with E-state index in [0.29, 0.717) is 18.8 Å². The molecule has 8 nitrogen and oxygen atoms in total. The molecule has 1 aromatic carbocycles. The highest BCUT2D eigenvalue weighted by Gasteiger charge is 2.32. The van der Waals surface area contributed by atoms with Crippen LogP contribution in [-0.4, -0.2) is 60.3 Å². The van der Waals surface area contributed by atoms with E-state index in [1.54, 1.807) is 10.7 Å². The monoisotopic (exact) mass is 393 g/mol. The topological polar surface area (TPSA) is 82.9 Å². The van der Waals surface area contributed by atoms with Crippen LogP contribution < -0.4 is 0 Å². The van der Waals surface area contributed by atoms with Gasteiger partial charge in [0.2, 0.25) is 0 Å². The van der Waals surface area contributed by atoms with Gasteiger partial charge in [-0.1, -0.05) is 30.3 Å². The van der Waals surface area contributed by atoms with Crippen LogP contribution in [0.15, 0.2) is 42.6 Å². The van der Waals surface area contributed by atoms with E-state index >= 15 is 0 Å². The number of carbonyl (C=O) groups is 1. The zero-order chi connectivity index (χ0) is 20.2. The van der Waals surface area contributed by atoms with E-state index in [2.05, 4.69) is 49.4 Å².